The number of ether oxygens (including phenoxy) is 1. The van der Waals surface area contributed by atoms with Crippen LogP contribution >= 0.6 is 0 Å². The fraction of sp³-hybridized carbons (Fsp3) is 0.562. The van der Waals surface area contributed by atoms with Crippen molar-refractivity contribution in [3.8, 4) is 5.75 Å². The highest BCUT2D eigenvalue weighted by molar-refractivity contribution is 5.85. The maximum absolute atomic E-state index is 12.1. The summed E-state index contributed by atoms with van der Waals surface area (Å²) >= 11 is 0. The average Bonchev–Trinajstić information content (AvgIpc) is 2.37. The van der Waals surface area contributed by atoms with E-state index in [2.05, 4.69) is 5.32 Å². The van der Waals surface area contributed by atoms with Gasteiger partial charge in [-0.15, -0.1) is 0 Å². The molecule has 112 valence electrons. The molecule has 1 rings (SSSR count). The lowest BCUT2D eigenvalue weighted by Crippen LogP contribution is -2.51. The zero-order chi connectivity index (χ0) is 15.2. The molecule has 4 nitrogen and oxygen atoms in total. The molecule has 1 aromatic rings. The summed E-state index contributed by atoms with van der Waals surface area (Å²) in [4.78, 5) is 12.1. The summed E-state index contributed by atoms with van der Waals surface area (Å²) < 4.78 is 5.60. The molecule has 3 N–H and O–H groups in total. The van der Waals surface area contributed by atoms with Crippen molar-refractivity contribution in [3.63, 3.8) is 0 Å². The molecule has 0 heterocycles. The lowest BCUT2D eigenvalue weighted by atomic mass is 9.96. The standard InChI is InChI=1S/C16H26N2O2/c1-5-9-16(4,17)15(19)18-11-13-8-7-12(3)10-14(13)20-6-2/h7-8,10H,5-6,9,11,17H2,1-4H3,(H,18,19). The second-order valence-electron chi connectivity index (χ2n) is 5.39. The van der Waals surface area contributed by atoms with Gasteiger partial charge in [0.15, 0.2) is 0 Å². The van der Waals surface area contributed by atoms with Crippen molar-refractivity contribution in [1.82, 2.24) is 5.32 Å². The van der Waals surface area contributed by atoms with E-state index in [0.29, 0.717) is 19.6 Å². The van der Waals surface area contributed by atoms with Gasteiger partial charge in [-0.25, -0.2) is 0 Å². The molecular formula is C16H26N2O2. The van der Waals surface area contributed by atoms with Gasteiger partial charge < -0.3 is 15.8 Å². The number of carbonyl (C=O) groups excluding carboxylic acids is 1. The number of hydrogen-bond donors (Lipinski definition) is 2. The summed E-state index contributed by atoms with van der Waals surface area (Å²) in [6.45, 7) is 8.79. The van der Waals surface area contributed by atoms with Crippen LogP contribution in [-0.2, 0) is 11.3 Å². The van der Waals surface area contributed by atoms with Gasteiger partial charge in [0.05, 0.1) is 12.1 Å². The van der Waals surface area contributed by atoms with Crippen molar-refractivity contribution < 1.29 is 9.53 Å². The van der Waals surface area contributed by atoms with E-state index in [1.54, 1.807) is 6.92 Å². The molecular weight excluding hydrogens is 252 g/mol. The number of benzene rings is 1. The third-order valence-corrected chi connectivity index (χ3v) is 3.25. The summed E-state index contributed by atoms with van der Waals surface area (Å²) in [6.07, 6.45) is 1.56. The first-order valence-corrected chi connectivity index (χ1v) is 7.20. The minimum atomic E-state index is -0.814. The number of aryl methyl sites for hydroxylation is 1. The van der Waals surface area contributed by atoms with Crippen LogP contribution in [0.15, 0.2) is 18.2 Å². The van der Waals surface area contributed by atoms with Gasteiger partial charge >= 0.3 is 0 Å². The molecule has 0 aliphatic carbocycles. The average molecular weight is 278 g/mol. The SMILES string of the molecule is CCCC(C)(N)C(=O)NCc1ccc(C)cc1OCC. The summed E-state index contributed by atoms with van der Waals surface area (Å²) in [7, 11) is 0. The second-order valence-corrected chi connectivity index (χ2v) is 5.39. The van der Waals surface area contributed by atoms with Crippen LogP contribution in [0.5, 0.6) is 5.75 Å². The molecule has 1 amide bonds. The van der Waals surface area contributed by atoms with E-state index < -0.39 is 5.54 Å². The lowest BCUT2D eigenvalue weighted by Gasteiger charge is -2.23. The zero-order valence-electron chi connectivity index (χ0n) is 13.0. The Labute approximate surface area is 121 Å². The van der Waals surface area contributed by atoms with Crippen LogP contribution in [0.3, 0.4) is 0 Å². The van der Waals surface area contributed by atoms with Crippen LogP contribution < -0.4 is 15.8 Å². The van der Waals surface area contributed by atoms with Crippen LogP contribution in [0.2, 0.25) is 0 Å². The Balaban J connectivity index is 2.72. The Hall–Kier alpha value is -1.55. The van der Waals surface area contributed by atoms with Crippen molar-refractivity contribution in [1.29, 1.82) is 0 Å². The maximum Gasteiger partial charge on any atom is 0.240 e. The first-order chi connectivity index (χ1) is 9.40. The van der Waals surface area contributed by atoms with E-state index in [1.807, 2.05) is 39.0 Å². The first-order valence-electron chi connectivity index (χ1n) is 7.20. The number of hydrogen-bond acceptors (Lipinski definition) is 3. The number of amides is 1. The van der Waals surface area contributed by atoms with Gasteiger partial charge in [0.1, 0.15) is 5.75 Å². The molecule has 0 saturated carbocycles. The quantitative estimate of drug-likeness (QED) is 0.805. The summed E-state index contributed by atoms with van der Waals surface area (Å²) in [5.74, 6) is 0.699. The van der Waals surface area contributed by atoms with Gasteiger partial charge in [-0.3, -0.25) is 4.79 Å². The fourth-order valence-electron chi connectivity index (χ4n) is 2.11. The van der Waals surface area contributed by atoms with Crippen LogP contribution in [-0.4, -0.2) is 18.1 Å². The predicted molar refractivity (Wildman–Crippen MR) is 81.7 cm³/mol. The minimum absolute atomic E-state index is 0.123. The van der Waals surface area contributed by atoms with Gasteiger partial charge in [0.2, 0.25) is 5.91 Å². The van der Waals surface area contributed by atoms with Crippen molar-refractivity contribution in [2.75, 3.05) is 6.61 Å². The maximum atomic E-state index is 12.1. The zero-order valence-corrected chi connectivity index (χ0v) is 13.0. The van der Waals surface area contributed by atoms with E-state index >= 15 is 0 Å². The summed E-state index contributed by atoms with van der Waals surface area (Å²) in [5.41, 5.74) is 7.31. The number of nitrogens with one attached hydrogen (secondary N) is 1. The lowest BCUT2D eigenvalue weighted by molar-refractivity contribution is -0.126. The molecule has 0 aromatic heterocycles. The third kappa shape index (κ3) is 4.53. The van der Waals surface area contributed by atoms with Crippen LogP contribution in [0.25, 0.3) is 0 Å². The van der Waals surface area contributed by atoms with Crippen molar-refractivity contribution in [3.05, 3.63) is 29.3 Å². The van der Waals surface area contributed by atoms with Crippen molar-refractivity contribution in [2.45, 2.75) is 52.6 Å². The predicted octanol–water partition coefficient (Wildman–Crippen LogP) is 2.53. The van der Waals surface area contributed by atoms with Crippen LogP contribution in [0.4, 0.5) is 0 Å². The van der Waals surface area contributed by atoms with Crippen molar-refractivity contribution >= 4 is 5.91 Å². The monoisotopic (exact) mass is 278 g/mol. The highest BCUT2D eigenvalue weighted by atomic mass is 16.5. The third-order valence-electron chi connectivity index (χ3n) is 3.25. The van der Waals surface area contributed by atoms with Gasteiger partial charge in [0.25, 0.3) is 0 Å². The Kier molecular flexibility index (Phi) is 6.02. The van der Waals surface area contributed by atoms with Gasteiger partial charge in [0, 0.05) is 12.1 Å². The van der Waals surface area contributed by atoms with Crippen molar-refractivity contribution in [2.24, 2.45) is 5.73 Å². The van der Waals surface area contributed by atoms with Crippen LogP contribution in [0, 0.1) is 6.92 Å². The summed E-state index contributed by atoms with van der Waals surface area (Å²) in [6, 6.07) is 5.98. The minimum Gasteiger partial charge on any atom is -0.494 e. The van der Waals surface area contributed by atoms with Crippen LogP contribution in [0.1, 0.15) is 44.7 Å². The molecule has 1 unspecified atom stereocenters. The van der Waals surface area contributed by atoms with E-state index in [9.17, 15) is 4.79 Å². The molecule has 4 heteroatoms. The highest BCUT2D eigenvalue weighted by Gasteiger charge is 2.26. The van der Waals surface area contributed by atoms with Gasteiger partial charge in [-0.1, -0.05) is 25.5 Å². The Morgan fingerprint density at radius 2 is 2.10 bits per heavy atom. The molecule has 1 aromatic carbocycles. The highest BCUT2D eigenvalue weighted by Crippen LogP contribution is 2.20. The number of carbonyl (C=O) groups is 1. The van der Waals surface area contributed by atoms with Gasteiger partial charge in [-0.05, 0) is 38.8 Å². The first kappa shape index (κ1) is 16.5. The number of nitrogens with two attached hydrogens (primary N) is 1. The molecule has 0 bridgehead atoms. The molecule has 0 saturated heterocycles. The molecule has 0 fully saturated rings. The Morgan fingerprint density at radius 3 is 2.70 bits per heavy atom. The van der Waals surface area contributed by atoms with Gasteiger partial charge in [-0.2, -0.15) is 0 Å². The molecule has 1 atom stereocenters. The Morgan fingerprint density at radius 1 is 1.40 bits per heavy atom. The van der Waals surface area contributed by atoms with E-state index in [4.69, 9.17) is 10.5 Å². The molecule has 0 aliphatic rings. The fourth-order valence-corrected chi connectivity index (χ4v) is 2.11. The molecule has 20 heavy (non-hydrogen) atoms. The molecule has 0 aliphatic heterocycles. The largest absolute Gasteiger partial charge is 0.494 e. The number of rotatable bonds is 7. The summed E-state index contributed by atoms with van der Waals surface area (Å²) in [5, 5.41) is 2.90. The smallest absolute Gasteiger partial charge is 0.240 e. The normalized spacial score (nSPS) is 13.7. The van der Waals surface area contributed by atoms with E-state index in [0.717, 1.165) is 23.3 Å². The molecule has 0 radical (unpaired) electrons. The van der Waals surface area contributed by atoms with E-state index in [-0.39, 0.29) is 5.91 Å². The molecule has 0 spiro atoms. The van der Waals surface area contributed by atoms with E-state index in [1.165, 1.54) is 0 Å². The second kappa shape index (κ2) is 7.29. The topological polar surface area (TPSA) is 64.4 Å². The Bertz CT molecular complexity index is 456.